The third-order valence-electron chi connectivity index (χ3n) is 4.33. The van der Waals surface area contributed by atoms with Crippen LogP contribution in [-0.2, 0) is 19.2 Å². The third kappa shape index (κ3) is 15.4. The second-order valence-electron chi connectivity index (χ2n) is 7.18. The molecule has 14 nitrogen and oxygen atoms in total. The summed E-state index contributed by atoms with van der Waals surface area (Å²) in [5, 5.41) is 55.5. The molecule has 0 aromatic rings. The van der Waals surface area contributed by atoms with Gasteiger partial charge in [-0.3, -0.25) is 19.2 Å². The fourth-order valence-electron chi connectivity index (χ4n) is 2.20. The van der Waals surface area contributed by atoms with Crippen molar-refractivity contribution in [2.24, 2.45) is 11.5 Å². The number of aliphatic hydroxyl groups excluding tert-OH is 2. The fraction of sp³-hybridized carbons (Fsp3) is 0.778. The number of hydrogen-bond acceptors (Lipinski definition) is 10. The lowest BCUT2D eigenvalue weighted by Gasteiger charge is -2.07. The smallest absolute Gasteiger partial charge is 0.323 e. The van der Waals surface area contributed by atoms with E-state index in [9.17, 15) is 19.2 Å². The predicted octanol–water partition coefficient (Wildman–Crippen LogP) is -2.80. The molecule has 188 valence electrons. The Bertz CT molecular complexity index is 502. The first kappa shape index (κ1) is 31.8. The largest absolute Gasteiger partial charge is 0.480 e. The van der Waals surface area contributed by atoms with Crippen molar-refractivity contribution in [1.29, 1.82) is 0 Å². The maximum atomic E-state index is 10.1. The summed E-state index contributed by atoms with van der Waals surface area (Å²) < 4.78 is 0. The lowest BCUT2D eigenvalue weighted by atomic mass is 10.2. The minimum absolute atomic E-state index is 0.269. The Morgan fingerprint density at radius 3 is 1.06 bits per heavy atom. The van der Waals surface area contributed by atoms with Gasteiger partial charge in [-0.1, -0.05) is 0 Å². The minimum atomic E-state index is -1.18. The van der Waals surface area contributed by atoms with Crippen LogP contribution in [0, 0.1) is 0 Å². The summed E-state index contributed by atoms with van der Waals surface area (Å²) in [4.78, 5) is 40.0. The Labute approximate surface area is 185 Å². The zero-order valence-corrected chi connectivity index (χ0v) is 18.2. The molecule has 0 aromatic heterocycles. The Morgan fingerprint density at radius 1 is 0.719 bits per heavy atom. The summed E-state index contributed by atoms with van der Waals surface area (Å²) in [6.45, 7) is 4.38. The maximum Gasteiger partial charge on any atom is 0.323 e. The standard InChI is InChI=1S/2C5H9NO2.2C4H9NO3/c2*7-5(8)4-2-1-3-6-4;2*1-2(6)3(5)4(7)8/h2*4,6H,1-3H2,(H,7,8);2*2-3,6H,5H2,1H3,(H,7,8)/t2*4-;2*2-,3+/m0011/s1. The first-order valence-corrected chi connectivity index (χ1v) is 9.97. The number of nitrogens with two attached hydrogens (primary N) is 2. The molecular formula is C18H36N4O10. The van der Waals surface area contributed by atoms with Gasteiger partial charge >= 0.3 is 23.9 Å². The minimum Gasteiger partial charge on any atom is -0.480 e. The van der Waals surface area contributed by atoms with Crippen LogP contribution < -0.4 is 22.1 Å². The first-order chi connectivity index (χ1) is 14.7. The Morgan fingerprint density at radius 2 is 1.00 bits per heavy atom. The monoisotopic (exact) mass is 468 g/mol. The van der Waals surface area contributed by atoms with E-state index in [1.165, 1.54) is 13.8 Å². The summed E-state index contributed by atoms with van der Waals surface area (Å²) in [5.41, 5.74) is 9.82. The molecule has 6 atom stereocenters. The van der Waals surface area contributed by atoms with Crippen LogP contribution in [0.4, 0.5) is 0 Å². The molecule has 0 saturated carbocycles. The van der Waals surface area contributed by atoms with Crippen LogP contribution in [0.25, 0.3) is 0 Å². The summed E-state index contributed by atoms with van der Waals surface area (Å²) >= 11 is 0. The van der Waals surface area contributed by atoms with Gasteiger partial charge in [0.05, 0.1) is 12.2 Å². The molecule has 0 amide bonds. The number of nitrogens with one attached hydrogen (secondary N) is 2. The summed E-state index contributed by atoms with van der Waals surface area (Å²) in [6.07, 6.45) is 1.61. The van der Waals surface area contributed by atoms with Gasteiger partial charge in [-0.2, -0.15) is 0 Å². The van der Waals surface area contributed by atoms with Crippen LogP contribution in [-0.4, -0.2) is 104 Å². The highest BCUT2D eigenvalue weighted by Gasteiger charge is 2.21. The molecule has 0 unspecified atom stereocenters. The number of aliphatic carboxylic acids is 4. The molecule has 0 spiro atoms. The summed E-state index contributed by atoms with van der Waals surface area (Å²) in [5.74, 6) is -3.80. The highest BCUT2D eigenvalue weighted by molar-refractivity contribution is 5.74. The molecule has 0 radical (unpaired) electrons. The van der Waals surface area contributed by atoms with Crippen molar-refractivity contribution in [3.05, 3.63) is 0 Å². The average molecular weight is 469 g/mol. The van der Waals surface area contributed by atoms with Crippen LogP contribution in [0.1, 0.15) is 39.5 Å². The van der Waals surface area contributed by atoms with Gasteiger partial charge in [0.25, 0.3) is 0 Å². The van der Waals surface area contributed by atoms with E-state index in [1.54, 1.807) is 0 Å². The van der Waals surface area contributed by atoms with Crippen molar-refractivity contribution < 1.29 is 49.8 Å². The molecule has 2 heterocycles. The van der Waals surface area contributed by atoms with Crippen LogP contribution >= 0.6 is 0 Å². The zero-order chi connectivity index (χ0) is 25.4. The molecule has 2 saturated heterocycles. The molecule has 0 aromatic carbocycles. The van der Waals surface area contributed by atoms with Crippen LogP contribution in [0.3, 0.4) is 0 Å². The first-order valence-electron chi connectivity index (χ1n) is 9.97. The number of carboxylic acids is 4. The highest BCUT2D eigenvalue weighted by Crippen LogP contribution is 2.04. The van der Waals surface area contributed by atoms with E-state index in [1.807, 2.05) is 0 Å². The summed E-state index contributed by atoms with van der Waals surface area (Å²) in [6, 6.07) is -2.85. The van der Waals surface area contributed by atoms with Crippen molar-refractivity contribution in [3.63, 3.8) is 0 Å². The number of rotatable bonds is 6. The van der Waals surface area contributed by atoms with Gasteiger partial charge in [0, 0.05) is 0 Å². The van der Waals surface area contributed by atoms with E-state index < -0.39 is 48.2 Å². The fourth-order valence-corrected chi connectivity index (χ4v) is 2.20. The van der Waals surface area contributed by atoms with Crippen molar-refractivity contribution in [3.8, 4) is 0 Å². The molecule has 0 aliphatic carbocycles. The second kappa shape index (κ2) is 17.2. The van der Waals surface area contributed by atoms with Crippen LogP contribution in [0.2, 0.25) is 0 Å². The Hall–Kier alpha value is -2.36. The van der Waals surface area contributed by atoms with Gasteiger partial charge in [0.1, 0.15) is 24.2 Å². The zero-order valence-electron chi connectivity index (χ0n) is 18.2. The van der Waals surface area contributed by atoms with E-state index in [2.05, 4.69) is 10.6 Å². The number of hydrogen-bond donors (Lipinski definition) is 10. The quantitative estimate of drug-likeness (QED) is 0.189. The van der Waals surface area contributed by atoms with Crippen molar-refractivity contribution in [2.75, 3.05) is 13.1 Å². The SMILES string of the molecule is C[C@@H](O)[C@H](N)C(=O)O.C[C@@H](O)[C@H](N)C(=O)O.O=C(O)[C@@H]1CCCN1.O=C(O)[C@@H]1CCCN1. The lowest BCUT2D eigenvalue weighted by Crippen LogP contribution is -2.39. The number of carboxylic acid groups (broad SMARTS) is 4. The van der Waals surface area contributed by atoms with Crippen molar-refractivity contribution >= 4 is 23.9 Å². The highest BCUT2D eigenvalue weighted by atomic mass is 16.4. The maximum absolute atomic E-state index is 10.1. The van der Waals surface area contributed by atoms with Gasteiger partial charge in [-0.25, -0.2) is 0 Å². The second-order valence-corrected chi connectivity index (χ2v) is 7.18. The number of carbonyl (C=O) groups is 4. The Balaban J connectivity index is 0. The molecule has 32 heavy (non-hydrogen) atoms. The normalized spacial score (nSPS) is 22.8. The van der Waals surface area contributed by atoms with Crippen molar-refractivity contribution in [2.45, 2.75) is 75.9 Å². The molecule has 2 aliphatic rings. The number of aliphatic hydroxyl groups is 2. The van der Waals surface area contributed by atoms with Crippen LogP contribution in [0.5, 0.6) is 0 Å². The molecule has 0 bridgehead atoms. The van der Waals surface area contributed by atoms with E-state index in [-0.39, 0.29) is 12.1 Å². The van der Waals surface area contributed by atoms with Gasteiger partial charge in [0.2, 0.25) is 0 Å². The van der Waals surface area contributed by atoms with E-state index in [0.717, 1.165) is 38.8 Å². The molecule has 2 fully saturated rings. The Kier molecular flexibility index (Phi) is 17.1. The topological polar surface area (TPSA) is 266 Å². The van der Waals surface area contributed by atoms with Gasteiger partial charge in [-0.15, -0.1) is 0 Å². The third-order valence-corrected chi connectivity index (χ3v) is 4.33. The predicted molar refractivity (Wildman–Crippen MR) is 112 cm³/mol. The van der Waals surface area contributed by atoms with Gasteiger partial charge in [-0.05, 0) is 52.6 Å². The molecule has 12 N–H and O–H groups in total. The van der Waals surface area contributed by atoms with E-state index in [4.69, 9.17) is 42.1 Å². The lowest BCUT2D eigenvalue weighted by molar-refractivity contribution is -0.141. The molecule has 14 heteroatoms. The molecule has 2 rings (SSSR count). The van der Waals surface area contributed by atoms with Crippen molar-refractivity contribution in [1.82, 2.24) is 10.6 Å². The van der Waals surface area contributed by atoms with E-state index >= 15 is 0 Å². The van der Waals surface area contributed by atoms with E-state index in [0.29, 0.717) is 0 Å². The van der Waals surface area contributed by atoms with Gasteiger partial charge < -0.3 is 52.7 Å². The average Bonchev–Trinajstić information content (AvgIpc) is 3.41. The summed E-state index contributed by atoms with van der Waals surface area (Å²) in [7, 11) is 0. The van der Waals surface area contributed by atoms with Crippen LogP contribution in [0.15, 0.2) is 0 Å². The molecule has 2 aliphatic heterocycles. The van der Waals surface area contributed by atoms with Gasteiger partial charge in [0.15, 0.2) is 0 Å². The molecular weight excluding hydrogens is 432 g/mol.